The largest absolute Gasteiger partial charge is 0.452 e. The minimum absolute atomic E-state index is 0.305. The molecule has 0 aromatic heterocycles. The van der Waals surface area contributed by atoms with Crippen LogP contribution in [0.2, 0.25) is 5.02 Å². The van der Waals surface area contributed by atoms with Gasteiger partial charge in [-0.2, -0.15) is 0 Å². The van der Waals surface area contributed by atoms with E-state index in [2.05, 4.69) is 21.2 Å². The highest BCUT2D eigenvalue weighted by Crippen LogP contribution is 2.16. The van der Waals surface area contributed by atoms with Crippen molar-refractivity contribution in [2.45, 2.75) is 6.42 Å². The zero-order chi connectivity index (χ0) is 16.7. The topological polar surface area (TPSA) is 55.4 Å². The van der Waals surface area contributed by atoms with Gasteiger partial charge in [0.2, 0.25) is 0 Å². The number of nitrogens with one attached hydrogen (secondary N) is 1. The maximum absolute atomic E-state index is 11.9. The molecule has 0 fully saturated rings. The molecule has 0 atom stereocenters. The highest BCUT2D eigenvalue weighted by Gasteiger charge is 2.12. The third-order valence-electron chi connectivity index (χ3n) is 3.08. The molecule has 2 aromatic rings. The van der Waals surface area contributed by atoms with E-state index >= 15 is 0 Å². The summed E-state index contributed by atoms with van der Waals surface area (Å²) in [5.74, 6) is -0.871. The number of carbonyl (C=O) groups excluding carboxylic acids is 2. The van der Waals surface area contributed by atoms with Gasteiger partial charge in [-0.3, -0.25) is 4.79 Å². The first-order chi connectivity index (χ1) is 11.1. The van der Waals surface area contributed by atoms with E-state index in [-0.39, 0.29) is 12.5 Å². The first kappa shape index (κ1) is 17.5. The van der Waals surface area contributed by atoms with E-state index in [1.165, 1.54) is 0 Å². The lowest BCUT2D eigenvalue weighted by Crippen LogP contribution is -2.30. The Morgan fingerprint density at radius 3 is 2.48 bits per heavy atom. The Kier molecular flexibility index (Phi) is 6.62. The predicted octanol–water partition coefficient (Wildman–Crippen LogP) is 3.62. The first-order valence-corrected chi connectivity index (χ1v) is 8.16. The summed E-state index contributed by atoms with van der Waals surface area (Å²) in [6.07, 6.45) is 0.682. The second-order valence-electron chi connectivity index (χ2n) is 4.78. The van der Waals surface area contributed by atoms with Crippen molar-refractivity contribution in [2.24, 2.45) is 0 Å². The van der Waals surface area contributed by atoms with Crippen LogP contribution >= 0.6 is 27.5 Å². The van der Waals surface area contributed by atoms with Crippen LogP contribution in [0.1, 0.15) is 15.9 Å². The Morgan fingerprint density at radius 1 is 1.09 bits per heavy atom. The van der Waals surface area contributed by atoms with Gasteiger partial charge in [0, 0.05) is 16.0 Å². The molecule has 23 heavy (non-hydrogen) atoms. The lowest BCUT2D eigenvalue weighted by Gasteiger charge is -2.07. The summed E-state index contributed by atoms with van der Waals surface area (Å²) >= 11 is 9.07. The Bertz CT molecular complexity index is 688. The standard InChI is InChI=1S/C17H15BrClNO3/c18-15-4-2-1-3-14(15)17(22)23-11-16(21)20-10-9-12-5-7-13(19)8-6-12/h1-8H,9-11H2,(H,20,21). The molecule has 1 amide bonds. The fourth-order valence-electron chi connectivity index (χ4n) is 1.88. The third-order valence-corrected chi connectivity index (χ3v) is 4.02. The number of benzene rings is 2. The lowest BCUT2D eigenvalue weighted by molar-refractivity contribution is -0.124. The average Bonchev–Trinajstić information content (AvgIpc) is 2.55. The van der Waals surface area contributed by atoms with E-state index in [1.54, 1.807) is 36.4 Å². The molecular formula is C17H15BrClNO3. The first-order valence-electron chi connectivity index (χ1n) is 6.99. The number of hydrogen-bond donors (Lipinski definition) is 1. The number of carbonyl (C=O) groups is 2. The fourth-order valence-corrected chi connectivity index (χ4v) is 2.46. The zero-order valence-corrected chi connectivity index (χ0v) is 14.6. The van der Waals surface area contributed by atoms with Crippen LogP contribution in [0.25, 0.3) is 0 Å². The Morgan fingerprint density at radius 2 is 1.78 bits per heavy atom. The number of halogens is 2. The molecule has 2 aromatic carbocycles. The summed E-state index contributed by atoms with van der Waals surface area (Å²) in [5, 5.41) is 3.38. The smallest absolute Gasteiger partial charge is 0.339 e. The van der Waals surface area contributed by atoms with Gasteiger partial charge in [-0.05, 0) is 52.2 Å². The van der Waals surface area contributed by atoms with E-state index in [1.807, 2.05) is 12.1 Å². The van der Waals surface area contributed by atoms with Gasteiger partial charge >= 0.3 is 5.97 Å². The number of hydrogen-bond acceptors (Lipinski definition) is 3. The lowest BCUT2D eigenvalue weighted by atomic mass is 10.1. The van der Waals surface area contributed by atoms with Gasteiger partial charge in [0.1, 0.15) is 0 Å². The van der Waals surface area contributed by atoms with Crippen LogP contribution in [0.15, 0.2) is 53.0 Å². The summed E-state index contributed by atoms with van der Waals surface area (Å²) in [6, 6.07) is 14.3. The molecule has 1 N–H and O–H groups in total. The number of ether oxygens (including phenoxy) is 1. The van der Waals surface area contributed by atoms with E-state index < -0.39 is 5.97 Å². The van der Waals surface area contributed by atoms with Gasteiger partial charge in [-0.15, -0.1) is 0 Å². The van der Waals surface area contributed by atoms with Crippen molar-refractivity contribution in [1.29, 1.82) is 0 Å². The van der Waals surface area contributed by atoms with Gasteiger partial charge < -0.3 is 10.1 Å². The summed E-state index contributed by atoms with van der Waals surface area (Å²) in [5.41, 5.74) is 1.46. The Labute approximate surface area is 147 Å². The molecule has 0 heterocycles. The molecule has 0 unspecified atom stereocenters. The summed E-state index contributed by atoms with van der Waals surface area (Å²) in [7, 11) is 0. The minimum Gasteiger partial charge on any atom is -0.452 e. The highest BCUT2D eigenvalue weighted by atomic mass is 79.9. The average molecular weight is 397 g/mol. The molecule has 0 aliphatic heterocycles. The van der Waals surface area contributed by atoms with Crippen LogP contribution < -0.4 is 5.32 Å². The van der Waals surface area contributed by atoms with Crippen molar-refractivity contribution in [3.63, 3.8) is 0 Å². The van der Waals surface area contributed by atoms with Gasteiger partial charge in [-0.25, -0.2) is 4.79 Å². The molecular weight excluding hydrogens is 382 g/mol. The molecule has 2 rings (SSSR count). The van der Waals surface area contributed by atoms with E-state index in [0.717, 1.165) is 5.56 Å². The van der Waals surface area contributed by atoms with Crippen LogP contribution in [0.4, 0.5) is 0 Å². The molecule has 0 aliphatic carbocycles. The minimum atomic E-state index is -0.537. The summed E-state index contributed by atoms with van der Waals surface area (Å²) < 4.78 is 5.62. The molecule has 0 spiro atoms. The van der Waals surface area contributed by atoms with Crippen molar-refractivity contribution in [2.75, 3.05) is 13.2 Å². The molecule has 0 saturated heterocycles. The Balaban J connectivity index is 1.72. The molecule has 6 heteroatoms. The highest BCUT2D eigenvalue weighted by molar-refractivity contribution is 9.10. The van der Waals surface area contributed by atoms with Crippen LogP contribution in [0.3, 0.4) is 0 Å². The van der Waals surface area contributed by atoms with Crippen LogP contribution in [-0.2, 0) is 16.0 Å². The van der Waals surface area contributed by atoms with E-state index in [4.69, 9.17) is 16.3 Å². The van der Waals surface area contributed by atoms with Crippen LogP contribution in [-0.4, -0.2) is 25.0 Å². The van der Waals surface area contributed by atoms with Gasteiger partial charge in [0.25, 0.3) is 5.91 Å². The maximum atomic E-state index is 11.9. The van der Waals surface area contributed by atoms with Crippen LogP contribution in [0.5, 0.6) is 0 Å². The molecule has 4 nitrogen and oxygen atoms in total. The van der Waals surface area contributed by atoms with Gasteiger partial charge in [-0.1, -0.05) is 35.9 Å². The fraction of sp³-hybridized carbons (Fsp3) is 0.176. The maximum Gasteiger partial charge on any atom is 0.339 e. The van der Waals surface area contributed by atoms with E-state index in [0.29, 0.717) is 28.0 Å². The zero-order valence-electron chi connectivity index (χ0n) is 12.2. The third kappa shape index (κ3) is 5.69. The second-order valence-corrected chi connectivity index (χ2v) is 6.07. The molecule has 0 radical (unpaired) electrons. The van der Waals surface area contributed by atoms with Crippen LogP contribution in [0, 0.1) is 0 Å². The molecule has 0 saturated carbocycles. The van der Waals surface area contributed by atoms with E-state index in [9.17, 15) is 9.59 Å². The number of rotatable bonds is 6. The van der Waals surface area contributed by atoms with Gasteiger partial charge in [0.15, 0.2) is 6.61 Å². The van der Waals surface area contributed by atoms with Gasteiger partial charge in [0.05, 0.1) is 5.56 Å². The van der Waals surface area contributed by atoms with Crippen molar-refractivity contribution in [3.8, 4) is 0 Å². The number of amides is 1. The Hall–Kier alpha value is -1.85. The van der Waals surface area contributed by atoms with Crippen molar-refractivity contribution < 1.29 is 14.3 Å². The number of esters is 1. The normalized spacial score (nSPS) is 10.2. The summed E-state index contributed by atoms with van der Waals surface area (Å²) in [6.45, 7) is 0.161. The van der Waals surface area contributed by atoms with Crippen molar-refractivity contribution in [3.05, 3.63) is 69.2 Å². The monoisotopic (exact) mass is 395 g/mol. The SMILES string of the molecule is O=C(COC(=O)c1ccccc1Br)NCCc1ccc(Cl)cc1. The van der Waals surface area contributed by atoms with Crippen molar-refractivity contribution >= 4 is 39.4 Å². The molecule has 120 valence electrons. The molecule has 0 bridgehead atoms. The summed E-state index contributed by atoms with van der Waals surface area (Å²) in [4.78, 5) is 23.5. The quantitative estimate of drug-likeness (QED) is 0.759. The second kappa shape index (κ2) is 8.70. The van der Waals surface area contributed by atoms with Crippen molar-refractivity contribution in [1.82, 2.24) is 5.32 Å². The predicted molar refractivity (Wildman–Crippen MR) is 92.6 cm³/mol. The molecule has 0 aliphatic rings.